The molecule has 1 fully saturated rings. The zero-order valence-corrected chi connectivity index (χ0v) is 27.2. The number of carbonyl (C=O) groups is 3. The molecular formula is C32H40N4O6S2. The highest BCUT2D eigenvalue weighted by molar-refractivity contribution is 8.02. The van der Waals surface area contributed by atoms with E-state index in [9.17, 15) is 27.9 Å². The van der Waals surface area contributed by atoms with Gasteiger partial charge in [-0.05, 0) is 70.2 Å². The third kappa shape index (κ3) is 9.24. The number of nitrogens with zero attached hydrogens (tertiary/aromatic N) is 3. The number of amides is 1. The number of unbranched alkanes of at least 4 members (excludes halogenated alkanes) is 2. The molecule has 44 heavy (non-hydrogen) atoms. The molecule has 10 nitrogen and oxygen atoms in total. The lowest BCUT2D eigenvalue weighted by Gasteiger charge is -2.31. The van der Waals surface area contributed by atoms with Crippen molar-refractivity contribution < 1.29 is 27.9 Å². The normalized spacial score (nSPS) is 19.2. The van der Waals surface area contributed by atoms with Crippen LogP contribution in [0.5, 0.6) is 0 Å². The Kier molecular flexibility index (Phi) is 12.3. The van der Waals surface area contributed by atoms with Gasteiger partial charge in [0.25, 0.3) is 0 Å². The number of carboxylic acids is 1. The number of benzene rings is 2. The molecule has 1 aliphatic heterocycles. The number of hydrogen-bond donors (Lipinski definition) is 2. The van der Waals surface area contributed by atoms with E-state index in [0.29, 0.717) is 12.0 Å². The van der Waals surface area contributed by atoms with Crippen LogP contribution in [-0.2, 0) is 37.2 Å². The van der Waals surface area contributed by atoms with Gasteiger partial charge in [-0.25, -0.2) is 13.2 Å². The smallest absolute Gasteiger partial charge is 0.326 e. The molecule has 0 spiro atoms. The summed E-state index contributed by atoms with van der Waals surface area (Å²) in [5, 5.41) is 20.6. The van der Waals surface area contributed by atoms with Crippen LogP contribution in [0.4, 0.5) is 0 Å². The van der Waals surface area contributed by atoms with Crippen molar-refractivity contribution in [3.05, 3.63) is 65.7 Å². The zero-order valence-electron chi connectivity index (χ0n) is 25.5. The van der Waals surface area contributed by atoms with Gasteiger partial charge in [0, 0.05) is 29.7 Å². The fraction of sp³-hybridized carbons (Fsp3) is 0.469. The summed E-state index contributed by atoms with van der Waals surface area (Å²) in [5.74, 6) is -1.80. The van der Waals surface area contributed by atoms with Crippen LogP contribution in [0.25, 0.3) is 0 Å². The number of sulfonamides is 1. The van der Waals surface area contributed by atoms with Gasteiger partial charge in [-0.15, -0.1) is 11.8 Å². The van der Waals surface area contributed by atoms with Gasteiger partial charge in [0.15, 0.2) is 0 Å². The van der Waals surface area contributed by atoms with Crippen LogP contribution in [-0.4, -0.2) is 63.4 Å². The van der Waals surface area contributed by atoms with Crippen LogP contribution in [0.1, 0.15) is 70.9 Å². The van der Waals surface area contributed by atoms with Gasteiger partial charge in [0.1, 0.15) is 17.9 Å². The predicted molar refractivity (Wildman–Crippen MR) is 171 cm³/mol. The van der Waals surface area contributed by atoms with E-state index in [1.54, 1.807) is 69.4 Å². The Labute approximate surface area is 264 Å². The maximum Gasteiger partial charge on any atom is 0.326 e. The summed E-state index contributed by atoms with van der Waals surface area (Å²) in [5.41, 5.74) is 2.26. The Morgan fingerprint density at radius 3 is 2.27 bits per heavy atom. The highest BCUT2D eigenvalue weighted by atomic mass is 32.2. The molecular weight excluding hydrogens is 601 g/mol. The molecule has 1 aliphatic rings. The van der Waals surface area contributed by atoms with Gasteiger partial charge >= 0.3 is 5.97 Å². The maximum atomic E-state index is 13.6. The van der Waals surface area contributed by atoms with E-state index in [1.165, 1.54) is 28.2 Å². The van der Waals surface area contributed by atoms with Crippen LogP contribution in [0, 0.1) is 11.5 Å². The van der Waals surface area contributed by atoms with Gasteiger partial charge in [-0.1, -0.05) is 48.9 Å². The molecule has 2 aromatic rings. The van der Waals surface area contributed by atoms with Gasteiger partial charge in [0.05, 0.1) is 10.3 Å². The number of nitrogens with one attached hydrogen (secondary N) is 1. The number of Topliss-reactive ketones (excluding diaryl/α,β-unsaturated/α-hetero) is 1. The molecule has 2 aromatic carbocycles. The SMILES string of the molecule is CC(CCCCCC(=O)Cc1ccc(CC(NC(=O)[C@H]2N(S(=O)(=O)c3ccccc3)C(C)SC2(C)C)C(=O)O)cc1)=NC#N. The number of carbonyl (C=O) groups excluding carboxylic acids is 2. The number of hydrogen-bond acceptors (Lipinski definition) is 8. The molecule has 236 valence electrons. The molecule has 2 N–H and O–H groups in total. The Hall–Kier alpha value is -3.53. The van der Waals surface area contributed by atoms with E-state index < -0.39 is 44.1 Å². The van der Waals surface area contributed by atoms with E-state index in [2.05, 4.69) is 10.3 Å². The second kappa shape index (κ2) is 15.5. The molecule has 12 heteroatoms. The highest BCUT2D eigenvalue weighted by Crippen LogP contribution is 2.46. The summed E-state index contributed by atoms with van der Waals surface area (Å²) in [7, 11) is -4.04. The van der Waals surface area contributed by atoms with Crippen molar-refractivity contribution in [1.29, 1.82) is 5.26 Å². The molecule has 1 amide bonds. The van der Waals surface area contributed by atoms with E-state index >= 15 is 0 Å². The third-order valence-electron chi connectivity index (χ3n) is 7.53. The predicted octanol–water partition coefficient (Wildman–Crippen LogP) is 4.73. The number of thioether (sulfide) groups is 1. The topological polar surface area (TPSA) is 157 Å². The number of aliphatic carboxylic acids is 1. The summed E-state index contributed by atoms with van der Waals surface area (Å²) in [6, 6.07) is 12.5. The summed E-state index contributed by atoms with van der Waals surface area (Å²) in [6.45, 7) is 7.09. The fourth-order valence-corrected chi connectivity index (χ4v) is 9.13. The van der Waals surface area contributed by atoms with Gasteiger partial charge in [-0.3, -0.25) is 9.59 Å². The molecule has 3 atom stereocenters. The first-order valence-electron chi connectivity index (χ1n) is 14.6. The van der Waals surface area contributed by atoms with Crippen LogP contribution in [0.15, 0.2) is 64.5 Å². The average molecular weight is 641 g/mol. The molecule has 3 rings (SSSR count). The maximum absolute atomic E-state index is 13.6. The van der Waals surface area contributed by atoms with Gasteiger partial charge < -0.3 is 10.4 Å². The molecule has 0 bridgehead atoms. The summed E-state index contributed by atoms with van der Waals surface area (Å²) >= 11 is 1.34. The number of nitriles is 1. The van der Waals surface area contributed by atoms with Gasteiger partial charge in [-0.2, -0.15) is 14.6 Å². The van der Waals surface area contributed by atoms with E-state index in [4.69, 9.17) is 5.26 Å². The monoisotopic (exact) mass is 640 g/mol. The fourth-order valence-electron chi connectivity index (χ4n) is 5.37. The molecule has 0 aromatic heterocycles. The zero-order chi connectivity index (χ0) is 32.5. The van der Waals surface area contributed by atoms with Crippen molar-refractivity contribution in [3.8, 4) is 6.19 Å². The Morgan fingerprint density at radius 2 is 1.66 bits per heavy atom. The van der Waals surface area contributed by atoms with Gasteiger partial charge in [0.2, 0.25) is 22.1 Å². The number of rotatable bonds is 15. The second-order valence-corrected chi connectivity index (χ2v) is 15.3. The molecule has 0 saturated carbocycles. The molecule has 1 heterocycles. The summed E-state index contributed by atoms with van der Waals surface area (Å²) in [6.07, 6.45) is 5.73. The first kappa shape index (κ1) is 35.0. The largest absolute Gasteiger partial charge is 0.480 e. The number of carboxylic acid groups (broad SMARTS) is 1. The van der Waals surface area contributed by atoms with Crippen molar-refractivity contribution in [2.24, 2.45) is 4.99 Å². The minimum atomic E-state index is -4.04. The Bertz CT molecular complexity index is 1500. The number of aliphatic imine (C=N–C) groups is 1. The van der Waals surface area contributed by atoms with Crippen LogP contribution >= 0.6 is 11.8 Å². The summed E-state index contributed by atoms with van der Waals surface area (Å²) in [4.78, 5) is 42.0. The van der Waals surface area contributed by atoms with E-state index in [1.807, 2.05) is 6.92 Å². The van der Waals surface area contributed by atoms with Crippen molar-refractivity contribution in [1.82, 2.24) is 9.62 Å². The Balaban J connectivity index is 1.62. The molecule has 0 radical (unpaired) electrons. The lowest BCUT2D eigenvalue weighted by atomic mass is 9.99. The van der Waals surface area contributed by atoms with Crippen molar-refractivity contribution in [3.63, 3.8) is 0 Å². The van der Waals surface area contributed by atoms with E-state index in [-0.39, 0.29) is 23.5 Å². The van der Waals surface area contributed by atoms with Crippen LogP contribution in [0.2, 0.25) is 0 Å². The third-order valence-corrected chi connectivity index (χ3v) is 11.0. The lowest BCUT2D eigenvalue weighted by molar-refractivity contribution is -0.142. The molecule has 2 unspecified atom stereocenters. The average Bonchev–Trinajstić information content (AvgIpc) is 3.22. The first-order valence-corrected chi connectivity index (χ1v) is 16.9. The summed E-state index contributed by atoms with van der Waals surface area (Å²) < 4.78 is 27.5. The standard InChI is InChI=1S/C32H40N4O6S2/c1-22(34-21-33)11-7-5-8-12-26(37)19-24-15-17-25(18-16-24)20-28(31(39)40)35-30(38)29-32(3,4)43-23(2)36(29)44(41,42)27-13-9-6-10-14-27/h6,9-10,13-18,23,28-29H,5,7-8,11-12,19-20H2,1-4H3,(H,35,38)(H,39,40)/t23?,28?,29-/m1/s1. The molecule has 1 saturated heterocycles. The minimum absolute atomic E-state index is 0.00883. The molecule has 0 aliphatic carbocycles. The lowest BCUT2D eigenvalue weighted by Crippen LogP contribution is -2.57. The quantitative estimate of drug-likeness (QED) is 0.161. The minimum Gasteiger partial charge on any atom is -0.480 e. The number of ketones is 1. The highest BCUT2D eigenvalue weighted by Gasteiger charge is 2.55. The second-order valence-electron chi connectivity index (χ2n) is 11.5. The van der Waals surface area contributed by atoms with Crippen molar-refractivity contribution >= 4 is 45.2 Å². The first-order chi connectivity index (χ1) is 20.8. The van der Waals surface area contributed by atoms with Crippen molar-refractivity contribution in [2.75, 3.05) is 0 Å². The van der Waals surface area contributed by atoms with Crippen LogP contribution in [0.3, 0.4) is 0 Å². The van der Waals surface area contributed by atoms with E-state index in [0.717, 1.165) is 37.0 Å². The Morgan fingerprint density at radius 1 is 1.05 bits per heavy atom. The van der Waals surface area contributed by atoms with Crippen molar-refractivity contribution in [2.45, 2.75) is 99.7 Å². The van der Waals surface area contributed by atoms with Crippen LogP contribution < -0.4 is 5.32 Å².